The third-order valence-electron chi connectivity index (χ3n) is 4.10. The lowest BCUT2D eigenvalue weighted by Crippen LogP contribution is -2.31. The Hall–Kier alpha value is -1.93. The molecule has 1 fully saturated rings. The molecule has 1 aromatic rings. The summed E-state index contributed by atoms with van der Waals surface area (Å²) in [5.74, 6) is 5.74. The molecule has 0 unspecified atom stereocenters. The predicted octanol–water partition coefficient (Wildman–Crippen LogP) is 2.09. The van der Waals surface area contributed by atoms with E-state index in [4.69, 9.17) is 16.3 Å². The van der Waals surface area contributed by atoms with Gasteiger partial charge in [-0.2, -0.15) is 0 Å². The van der Waals surface area contributed by atoms with E-state index in [1.165, 1.54) is 12.1 Å². The highest BCUT2D eigenvalue weighted by Gasteiger charge is 2.22. The van der Waals surface area contributed by atoms with Crippen LogP contribution in [0.1, 0.15) is 37.1 Å². The number of hydrogen-bond acceptors (Lipinski definition) is 6. The summed E-state index contributed by atoms with van der Waals surface area (Å²) in [5.41, 5.74) is 7.31. The Morgan fingerprint density at radius 1 is 1.33 bits per heavy atom. The van der Waals surface area contributed by atoms with E-state index in [9.17, 15) is 8.78 Å². The molecule has 0 aliphatic carbocycles. The number of rotatable bonds is 6. The summed E-state index contributed by atoms with van der Waals surface area (Å²) < 4.78 is 32.1. The van der Waals surface area contributed by atoms with E-state index < -0.39 is 6.43 Å². The molecule has 0 aromatic carbocycles. The first-order chi connectivity index (χ1) is 11.5. The number of hydrazine groups is 1. The molecule has 0 bridgehead atoms. The van der Waals surface area contributed by atoms with Gasteiger partial charge in [-0.25, -0.2) is 19.6 Å². The van der Waals surface area contributed by atoms with Gasteiger partial charge in [0, 0.05) is 27.2 Å². The van der Waals surface area contributed by atoms with Crippen LogP contribution in [-0.2, 0) is 4.74 Å². The average Bonchev–Trinajstić information content (AvgIpc) is 2.59. The fourth-order valence-electron chi connectivity index (χ4n) is 2.83. The summed E-state index contributed by atoms with van der Waals surface area (Å²) in [4.78, 5) is 6.09. The largest absolute Gasteiger partial charge is 0.395 e. The summed E-state index contributed by atoms with van der Waals surface area (Å²) in [7, 11) is 3.12. The third-order valence-corrected chi connectivity index (χ3v) is 4.10. The average molecular weight is 341 g/mol. The zero-order valence-corrected chi connectivity index (χ0v) is 14.1. The fourth-order valence-corrected chi connectivity index (χ4v) is 2.83. The van der Waals surface area contributed by atoms with E-state index in [-0.39, 0.29) is 23.7 Å². The van der Waals surface area contributed by atoms with Gasteiger partial charge in [0.2, 0.25) is 0 Å². The molecule has 134 valence electrons. The normalized spacial score (nSPS) is 16.3. The SMILES string of the molecule is COC/C(=C(/N)c1ccc(N2CCCCC2)c(C(F)F)n1)N(C)N. The molecule has 4 N–H and O–H groups in total. The Labute approximate surface area is 141 Å². The van der Waals surface area contributed by atoms with Crippen LogP contribution in [0.2, 0.25) is 0 Å². The van der Waals surface area contributed by atoms with Crippen molar-refractivity contribution in [3.8, 4) is 0 Å². The highest BCUT2D eigenvalue weighted by atomic mass is 19.3. The number of piperidine rings is 1. The second-order valence-electron chi connectivity index (χ2n) is 5.85. The number of nitrogens with two attached hydrogens (primary N) is 2. The van der Waals surface area contributed by atoms with Crippen LogP contribution in [0.4, 0.5) is 14.5 Å². The van der Waals surface area contributed by atoms with Gasteiger partial charge in [0.15, 0.2) is 0 Å². The molecule has 1 aromatic heterocycles. The van der Waals surface area contributed by atoms with Crippen molar-refractivity contribution in [2.75, 3.05) is 38.8 Å². The maximum Gasteiger partial charge on any atom is 0.282 e. The number of alkyl halides is 2. The first-order valence-corrected chi connectivity index (χ1v) is 7.96. The molecule has 2 heterocycles. The Morgan fingerprint density at radius 2 is 2.00 bits per heavy atom. The topological polar surface area (TPSA) is 80.6 Å². The zero-order valence-electron chi connectivity index (χ0n) is 14.1. The minimum Gasteiger partial charge on any atom is -0.395 e. The van der Waals surface area contributed by atoms with E-state index in [0.717, 1.165) is 32.4 Å². The lowest BCUT2D eigenvalue weighted by atomic mass is 10.1. The quantitative estimate of drug-likeness (QED) is 0.609. The Balaban J connectivity index is 2.42. The highest BCUT2D eigenvalue weighted by Crippen LogP contribution is 2.31. The van der Waals surface area contributed by atoms with Gasteiger partial charge in [0.1, 0.15) is 5.69 Å². The number of methoxy groups -OCH3 is 1. The predicted molar refractivity (Wildman–Crippen MR) is 90.2 cm³/mol. The summed E-state index contributed by atoms with van der Waals surface area (Å²) >= 11 is 0. The molecule has 24 heavy (non-hydrogen) atoms. The van der Waals surface area contributed by atoms with Crippen molar-refractivity contribution in [1.82, 2.24) is 9.99 Å². The van der Waals surface area contributed by atoms with Crippen molar-refractivity contribution in [3.63, 3.8) is 0 Å². The van der Waals surface area contributed by atoms with Crippen LogP contribution >= 0.6 is 0 Å². The van der Waals surface area contributed by atoms with E-state index >= 15 is 0 Å². The number of aromatic nitrogens is 1. The second kappa shape index (κ2) is 8.25. The standard InChI is InChI=1S/C16H25F2N5O/c1-22(20)13(10-24-2)14(19)11-6-7-12(15(21-11)16(17)18)23-8-4-3-5-9-23/h6-7,16H,3-5,8-10,19-20H2,1-2H3/b14-13-. The smallest absolute Gasteiger partial charge is 0.282 e. The molecule has 2 rings (SSSR count). The molecule has 0 spiro atoms. The monoisotopic (exact) mass is 341 g/mol. The lowest BCUT2D eigenvalue weighted by Gasteiger charge is -2.30. The lowest BCUT2D eigenvalue weighted by molar-refractivity contribution is 0.146. The van der Waals surface area contributed by atoms with Gasteiger partial charge in [-0.3, -0.25) is 0 Å². The van der Waals surface area contributed by atoms with Gasteiger partial charge in [-0.15, -0.1) is 0 Å². The summed E-state index contributed by atoms with van der Waals surface area (Å²) in [6, 6.07) is 3.33. The van der Waals surface area contributed by atoms with E-state index in [2.05, 4.69) is 4.98 Å². The number of halogens is 2. The minimum atomic E-state index is -2.67. The third kappa shape index (κ3) is 4.12. The van der Waals surface area contributed by atoms with Crippen molar-refractivity contribution >= 4 is 11.4 Å². The van der Waals surface area contributed by atoms with Crippen molar-refractivity contribution in [2.45, 2.75) is 25.7 Å². The molecule has 1 aliphatic heterocycles. The number of likely N-dealkylation sites (N-methyl/N-ethyl adjacent to an activating group) is 1. The molecular weight excluding hydrogens is 316 g/mol. The number of anilines is 1. The van der Waals surface area contributed by atoms with Gasteiger partial charge in [0.25, 0.3) is 6.43 Å². The fraction of sp³-hybridized carbons (Fsp3) is 0.562. The van der Waals surface area contributed by atoms with Crippen molar-refractivity contribution in [2.24, 2.45) is 11.6 Å². The van der Waals surface area contributed by atoms with Crippen LogP contribution in [0.5, 0.6) is 0 Å². The molecule has 0 saturated carbocycles. The molecule has 6 nitrogen and oxygen atoms in total. The van der Waals surface area contributed by atoms with Crippen LogP contribution in [0.15, 0.2) is 17.8 Å². The van der Waals surface area contributed by atoms with Crippen LogP contribution in [-0.4, -0.2) is 43.8 Å². The van der Waals surface area contributed by atoms with Gasteiger partial charge in [0.05, 0.1) is 29.4 Å². The second-order valence-corrected chi connectivity index (χ2v) is 5.85. The maximum atomic E-state index is 13.5. The number of pyridine rings is 1. The molecule has 0 radical (unpaired) electrons. The van der Waals surface area contributed by atoms with Crippen molar-refractivity contribution in [1.29, 1.82) is 0 Å². The van der Waals surface area contributed by atoms with Gasteiger partial charge in [-0.05, 0) is 31.4 Å². The van der Waals surface area contributed by atoms with Crippen LogP contribution < -0.4 is 16.5 Å². The molecular formula is C16H25F2N5O. The molecule has 0 atom stereocenters. The van der Waals surface area contributed by atoms with Gasteiger partial charge < -0.3 is 20.4 Å². The zero-order chi connectivity index (χ0) is 17.7. The number of hydrogen-bond donors (Lipinski definition) is 2. The molecule has 8 heteroatoms. The first-order valence-electron chi connectivity index (χ1n) is 7.96. The Morgan fingerprint density at radius 3 is 2.54 bits per heavy atom. The highest BCUT2D eigenvalue weighted by molar-refractivity contribution is 5.65. The molecule has 1 aliphatic rings. The number of ether oxygens (including phenoxy) is 1. The van der Waals surface area contributed by atoms with Gasteiger partial charge >= 0.3 is 0 Å². The molecule has 0 amide bonds. The van der Waals surface area contributed by atoms with E-state index in [1.54, 1.807) is 19.2 Å². The Bertz CT molecular complexity index is 586. The maximum absolute atomic E-state index is 13.5. The van der Waals surface area contributed by atoms with E-state index in [1.807, 2.05) is 4.90 Å². The van der Waals surface area contributed by atoms with Gasteiger partial charge in [-0.1, -0.05) is 0 Å². The Kier molecular flexibility index (Phi) is 6.33. The van der Waals surface area contributed by atoms with E-state index in [0.29, 0.717) is 11.4 Å². The van der Waals surface area contributed by atoms with Crippen LogP contribution in [0.3, 0.4) is 0 Å². The summed E-state index contributed by atoms with van der Waals surface area (Å²) in [6.07, 6.45) is 0.464. The van der Waals surface area contributed by atoms with Crippen molar-refractivity contribution < 1.29 is 13.5 Å². The number of nitrogens with zero attached hydrogens (tertiary/aromatic N) is 3. The van der Waals surface area contributed by atoms with Crippen LogP contribution in [0, 0.1) is 0 Å². The molecule has 1 saturated heterocycles. The summed E-state index contributed by atoms with van der Waals surface area (Å²) in [6.45, 7) is 1.71. The first kappa shape index (κ1) is 18.4. The minimum absolute atomic E-state index is 0.165. The van der Waals surface area contributed by atoms with Crippen LogP contribution in [0.25, 0.3) is 5.70 Å². The summed E-state index contributed by atoms with van der Waals surface area (Å²) in [5, 5.41) is 1.31. The van der Waals surface area contributed by atoms with Crippen molar-refractivity contribution in [3.05, 3.63) is 29.2 Å².